The zero-order valence-electron chi connectivity index (χ0n) is 10.4. The molecular weight excluding hydrogens is 270 g/mol. The lowest BCUT2D eigenvalue weighted by atomic mass is 10.0. The largest absolute Gasteiger partial charge is 0.228 e. The molecule has 1 aliphatic rings. The number of fused-ring (bicyclic) bond motifs is 1. The van der Waals surface area contributed by atoms with Crippen molar-refractivity contribution in [3.8, 4) is 0 Å². The Labute approximate surface area is 113 Å². The molecule has 100 valence electrons. The van der Waals surface area contributed by atoms with Crippen LogP contribution in [0.4, 0.5) is 0 Å². The highest BCUT2D eigenvalue weighted by Gasteiger charge is 2.26. The second-order valence-corrected chi connectivity index (χ2v) is 7.40. The number of rotatable bonds is 4. The molecule has 3 nitrogen and oxygen atoms in total. The van der Waals surface area contributed by atoms with Crippen LogP contribution >= 0.6 is 11.6 Å². The van der Waals surface area contributed by atoms with Crippen LogP contribution in [0.1, 0.15) is 30.0 Å². The summed E-state index contributed by atoms with van der Waals surface area (Å²) in [5.41, 5.74) is 3.74. The van der Waals surface area contributed by atoms with E-state index in [2.05, 4.69) is 12.1 Å². The number of benzene rings is 1. The van der Waals surface area contributed by atoms with Gasteiger partial charge in [-0.05, 0) is 48.8 Å². The van der Waals surface area contributed by atoms with Crippen LogP contribution in [-0.4, -0.2) is 13.7 Å². The van der Waals surface area contributed by atoms with Gasteiger partial charge in [0.2, 0.25) is 10.0 Å². The summed E-state index contributed by atoms with van der Waals surface area (Å²) >= 11 is 5.81. The van der Waals surface area contributed by atoms with Crippen LogP contribution in [0.3, 0.4) is 0 Å². The average Bonchev–Trinajstić information content (AvgIpc) is 2.68. The Bertz CT molecular complexity index is 542. The van der Waals surface area contributed by atoms with Crippen LogP contribution in [0.15, 0.2) is 18.2 Å². The topological polar surface area (TPSA) is 60.2 Å². The van der Waals surface area contributed by atoms with Gasteiger partial charge in [-0.25, -0.2) is 13.6 Å². The van der Waals surface area contributed by atoms with Crippen molar-refractivity contribution >= 4 is 21.6 Å². The molecule has 1 aliphatic carbocycles. The first-order chi connectivity index (χ1) is 8.40. The molecule has 5 heteroatoms. The van der Waals surface area contributed by atoms with Crippen LogP contribution in [0.5, 0.6) is 0 Å². The van der Waals surface area contributed by atoms with Crippen molar-refractivity contribution in [2.24, 2.45) is 11.1 Å². The summed E-state index contributed by atoms with van der Waals surface area (Å²) in [4.78, 5) is 0. The number of primary sulfonamides is 1. The third-order valence-electron chi connectivity index (χ3n) is 3.67. The first-order valence-electron chi connectivity index (χ1n) is 6.08. The molecule has 0 bridgehead atoms. The van der Waals surface area contributed by atoms with Crippen molar-refractivity contribution in [2.45, 2.75) is 37.3 Å². The SMILES string of the molecule is C[C@@H](CC1Cc2ccc(CCl)cc2C1)S(N)(=O)=O. The highest BCUT2D eigenvalue weighted by atomic mass is 35.5. The van der Waals surface area contributed by atoms with Crippen LogP contribution in [-0.2, 0) is 28.7 Å². The molecule has 0 aliphatic heterocycles. The molecule has 0 radical (unpaired) electrons. The second-order valence-electron chi connectivity index (χ2n) is 5.15. The Morgan fingerprint density at radius 2 is 2.06 bits per heavy atom. The van der Waals surface area contributed by atoms with Crippen LogP contribution < -0.4 is 5.14 Å². The fourth-order valence-corrected chi connectivity index (χ4v) is 3.32. The van der Waals surface area contributed by atoms with Crippen LogP contribution in [0.2, 0.25) is 0 Å². The predicted octanol–water partition coefficient (Wildman–Crippen LogP) is 2.21. The van der Waals surface area contributed by atoms with Crippen LogP contribution in [0.25, 0.3) is 0 Å². The molecule has 18 heavy (non-hydrogen) atoms. The number of nitrogens with two attached hydrogens (primary N) is 1. The standard InChI is InChI=1S/C13H18ClNO2S/c1-9(18(15,16)17)4-11-6-12-3-2-10(8-14)5-13(12)7-11/h2-3,5,9,11H,4,6-8H2,1H3,(H2,15,16,17)/t9-,11?/m0/s1. The predicted molar refractivity (Wildman–Crippen MR) is 74.1 cm³/mol. The summed E-state index contributed by atoms with van der Waals surface area (Å²) in [7, 11) is -3.41. The lowest BCUT2D eigenvalue weighted by Gasteiger charge is -2.13. The highest BCUT2D eigenvalue weighted by Crippen LogP contribution is 2.31. The van der Waals surface area contributed by atoms with Crippen molar-refractivity contribution in [1.82, 2.24) is 0 Å². The Kier molecular flexibility index (Phi) is 3.99. The average molecular weight is 288 g/mol. The fraction of sp³-hybridized carbons (Fsp3) is 0.538. The fourth-order valence-electron chi connectivity index (χ4n) is 2.62. The molecular formula is C13H18ClNO2S. The minimum atomic E-state index is -3.41. The maximum atomic E-state index is 11.3. The Balaban J connectivity index is 2.06. The van der Waals surface area contributed by atoms with E-state index in [1.807, 2.05) is 6.07 Å². The van der Waals surface area contributed by atoms with Crippen molar-refractivity contribution < 1.29 is 8.42 Å². The lowest BCUT2D eigenvalue weighted by molar-refractivity contribution is 0.493. The molecule has 1 aromatic carbocycles. The first kappa shape index (κ1) is 13.8. The van der Waals surface area contributed by atoms with E-state index in [4.69, 9.17) is 16.7 Å². The summed E-state index contributed by atoms with van der Waals surface area (Å²) in [6, 6.07) is 6.27. The van der Waals surface area contributed by atoms with E-state index in [1.165, 1.54) is 11.1 Å². The maximum absolute atomic E-state index is 11.3. The number of halogens is 1. The Hall–Kier alpha value is -0.580. The third kappa shape index (κ3) is 3.05. The van der Waals surface area contributed by atoms with E-state index < -0.39 is 15.3 Å². The number of alkyl halides is 1. The van der Waals surface area contributed by atoms with Gasteiger partial charge >= 0.3 is 0 Å². The normalized spacial score (nSPS) is 20.7. The molecule has 0 spiro atoms. The van der Waals surface area contributed by atoms with E-state index in [-0.39, 0.29) is 0 Å². The molecule has 0 saturated heterocycles. The summed E-state index contributed by atoms with van der Waals surface area (Å²) < 4.78 is 22.5. The van der Waals surface area contributed by atoms with E-state index in [0.29, 0.717) is 18.2 Å². The van der Waals surface area contributed by atoms with E-state index in [1.54, 1.807) is 6.92 Å². The van der Waals surface area contributed by atoms with Crippen molar-refractivity contribution in [2.75, 3.05) is 0 Å². The van der Waals surface area contributed by atoms with Gasteiger partial charge in [-0.3, -0.25) is 0 Å². The van der Waals surface area contributed by atoms with E-state index in [0.717, 1.165) is 18.4 Å². The molecule has 0 heterocycles. The Morgan fingerprint density at radius 1 is 1.39 bits per heavy atom. The summed E-state index contributed by atoms with van der Waals surface area (Å²) in [6.07, 6.45) is 2.50. The maximum Gasteiger partial charge on any atom is 0.211 e. The van der Waals surface area contributed by atoms with E-state index in [9.17, 15) is 8.42 Å². The Morgan fingerprint density at radius 3 is 2.67 bits per heavy atom. The van der Waals surface area contributed by atoms with Gasteiger partial charge in [0.25, 0.3) is 0 Å². The van der Waals surface area contributed by atoms with Crippen LogP contribution in [0, 0.1) is 5.92 Å². The number of hydrogen-bond acceptors (Lipinski definition) is 2. The van der Waals surface area contributed by atoms with Crippen molar-refractivity contribution in [3.63, 3.8) is 0 Å². The van der Waals surface area contributed by atoms with Gasteiger partial charge in [0, 0.05) is 5.88 Å². The summed E-state index contributed by atoms with van der Waals surface area (Å²) in [5, 5.41) is 4.69. The third-order valence-corrected chi connectivity index (χ3v) is 5.29. The molecule has 1 unspecified atom stereocenters. The van der Waals surface area contributed by atoms with Gasteiger partial charge in [-0.1, -0.05) is 18.2 Å². The molecule has 0 saturated carbocycles. The zero-order valence-corrected chi connectivity index (χ0v) is 12.0. The molecule has 0 amide bonds. The number of sulfonamides is 1. The molecule has 2 rings (SSSR count). The lowest BCUT2D eigenvalue weighted by Crippen LogP contribution is -2.28. The van der Waals surface area contributed by atoms with Crippen molar-refractivity contribution in [1.29, 1.82) is 0 Å². The smallest absolute Gasteiger partial charge is 0.211 e. The molecule has 0 aromatic heterocycles. The second kappa shape index (κ2) is 5.19. The minimum absolute atomic E-state index is 0.374. The molecule has 0 fully saturated rings. The monoisotopic (exact) mass is 287 g/mol. The molecule has 2 atom stereocenters. The van der Waals surface area contributed by atoms with E-state index >= 15 is 0 Å². The van der Waals surface area contributed by atoms with Gasteiger partial charge in [0.05, 0.1) is 5.25 Å². The number of hydrogen-bond donors (Lipinski definition) is 1. The quantitative estimate of drug-likeness (QED) is 0.863. The summed E-state index contributed by atoms with van der Waals surface area (Å²) in [5.74, 6) is 0.893. The summed E-state index contributed by atoms with van der Waals surface area (Å²) in [6.45, 7) is 1.68. The zero-order chi connectivity index (χ0) is 13.3. The van der Waals surface area contributed by atoms with Gasteiger partial charge in [-0.2, -0.15) is 0 Å². The minimum Gasteiger partial charge on any atom is -0.228 e. The van der Waals surface area contributed by atoms with Gasteiger partial charge < -0.3 is 0 Å². The highest BCUT2D eigenvalue weighted by molar-refractivity contribution is 7.89. The van der Waals surface area contributed by atoms with Gasteiger partial charge in [0.1, 0.15) is 0 Å². The first-order valence-corrected chi connectivity index (χ1v) is 8.23. The van der Waals surface area contributed by atoms with Gasteiger partial charge in [-0.15, -0.1) is 11.6 Å². The van der Waals surface area contributed by atoms with Gasteiger partial charge in [0.15, 0.2) is 0 Å². The van der Waals surface area contributed by atoms with Crippen molar-refractivity contribution in [3.05, 3.63) is 34.9 Å². The molecule has 2 N–H and O–H groups in total. The molecule has 1 aromatic rings.